The molecule has 1 saturated carbocycles. The Bertz CT molecular complexity index is 1460. The maximum Gasteiger partial charge on any atom is 0.390 e. The van der Waals surface area contributed by atoms with Crippen molar-refractivity contribution >= 4 is 27.6 Å². The van der Waals surface area contributed by atoms with Gasteiger partial charge >= 0.3 is 16.3 Å². The quantitative estimate of drug-likeness (QED) is 0.310. The Morgan fingerprint density at radius 1 is 1.12 bits per heavy atom. The molecule has 1 aliphatic rings. The number of aliphatic hydroxyl groups is 2. The van der Waals surface area contributed by atoms with Gasteiger partial charge in [0.15, 0.2) is 5.69 Å². The van der Waals surface area contributed by atoms with E-state index < -0.39 is 53.1 Å². The molecule has 2 aromatic carbocycles. The van der Waals surface area contributed by atoms with Gasteiger partial charge in [0.05, 0.1) is 47.3 Å². The Balaban J connectivity index is 1.70. The molecule has 3 aromatic rings. The van der Waals surface area contributed by atoms with Gasteiger partial charge in [-0.3, -0.25) is 4.79 Å². The van der Waals surface area contributed by atoms with Gasteiger partial charge in [-0.1, -0.05) is 36.6 Å². The van der Waals surface area contributed by atoms with Crippen LogP contribution in [0.15, 0.2) is 48.5 Å². The van der Waals surface area contributed by atoms with Crippen molar-refractivity contribution in [3.63, 3.8) is 0 Å². The zero-order chi connectivity index (χ0) is 29.1. The van der Waals surface area contributed by atoms with Gasteiger partial charge < -0.3 is 19.7 Å². The van der Waals surface area contributed by atoms with Gasteiger partial charge in [-0.05, 0) is 49.2 Å². The van der Waals surface area contributed by atoms with Gasteiger partial charge in [0.1, 0.15) is 5.75 Å². The van der Waals surface area contributed by atoms with Crippen LogP contribution in [-0.4, -0.2) is 58.4 Å². The van der Waals surface area contributed by atoms with Crippen LogP contribution in [0.1, 0.15) is 48.2 Å². The summed E-state index contributed by atoms with van der Waals surface area (Å²) in [4.78, 5) is 13.3. The summed E-state index contributed by atoms with van der Waals surface area (Å²) in [5, 5.41) is 28.2. The van der Waals surface area contributed by atoms with Crippen LogP contribution in [0.2, 0.25) is 5.02 Å². The highest BCUT2D eigenvalue weighted by atomic mass is 35.5. The number of carbonyl (C=O) groups is 1. The molecule has 0 saturated heterocycles. The molecule has 1 aromatic heterocycles. The van der Waals surface area contributed by atoms with Crippen molar-refractivity contribution < 1.29 is 40.8 Å². The molecule has 1 heterocycles. The van der Waals surface area contributed by atoms with Crippen molar-refractivity contribution in [3.05, 3.63) is 64.8 Å². The van der Waals surface area contributed by atoms with E-state index in [0.717, 1.165) is 12.8 Å². The molecular weight excluding hydrogens is 575 g/mol. The zero-order valence-corrected chi connectivity index (χ0v) is 22.6. The number of rotatable bonds is 9. The number of para-hydroxylation sites is 1. The van der Waals surface area contributed by atoms with E-state index in [1.54, 1.807) is 24.3 Å². The zero-order valence-electron chi connectivity index (χ0n) is 21.1. The third-order valence-corrected chi connectivity index (χ3v) is 7.94. The smallest absolute Gasteiger partial charge is 0.390 e. The lowest BCUT2D eigenvalue weighted by atomic mass is 9.92. The molecule has 1 fully saturated rings. The topological polar surface area (TPSA) is 131 Å². The Morgan fingerprint density at radius 3 is 2.42 bits per heavy atom. The maximum absolute atomic E-state index is 13.3. The van der Waals surface area contributed by atoms with Crippen LogP contribution in [-0.2, 0) is 16.7 Å². The van der Waals surface area contributed by atoms with E-state index in [1.807, 2.05) is 0 Å². The Labute approximate surface area is 233 Å². The molecule has 1 amide bonds. The summed E-state index contributed by atoms with van der Waals surface area (Å²) < 4.78 is 67.5. The minimum absolute atomic E-state index is 0.0924. The van der Waals surface area contributed by atoms with Crippen LogP contribution in [0.4, 0.5) is 13.2 Å². The summed E-state index contributed by atoms with van der Waals surface area (Å²) in [7, 11) is -4.51. The SMILES string of the molecule is O=C(N[C@H]1CCCC[C@H]1O)c1nn(-c2ccccc2Cl)c(-c2ccc(OS(=O)(=O)CCC(F)(F)F)cc2)c1CO. The molecule has 3 N–H and O–H groups in total. The summed E-state index contributed by atoms with van der Waals surface area (Å²) >= 11 is 6.41. The molecule has 216 valence electrons. The lowest BCUT2D eigenvalue weighted by molar-refractivity contribution is -0.130. The first-order chi connectivity index (χ1) is 18.9. The van der Waals surface area contributed by atoms with E-state index in [0.29, 0.717) is 29.1 Å². The van der Waals surface area contributed by atoms with Gasteiger partial charge in [0, 0.05) is 11.1 Å². The van der Waals surface area contributed by atoms with Crippen molar-refractivity contribution in [2.75, 3.05) is 5.75 Å². The van der Waals surface area contributed by atoms with Crippen LogP contribution < -0.4 is 9.50 Å². The van der Waals surface area contributed by atoms with Gasteiger partial charge in [0.25, 0.3) is 5.91 Å². The minimum atomic E-state index is -4.66. The van der Waals surface area contributed by atoms with E-state index in [-0.39, 0.29) is 22.7 Å². The molecular formula is C26H27ClF3N3O6S. The van der Waals surface area contributed by atoms with Gasteiger partial charge in [-0.25, -0.2) is 4.68 Å². The molecule has 2 atom stereocenters. The molecule has 14 heteroatoms. The highest BCUT2D eigenvalue weighted by molar-refractivity contribution is 7.87. The first-order valence-electron chi connectivity index (χ1n) is 12.4. The van der Waals surface area contributed by atoms with E-state index in [1.165, 1.54) is 28.9 Å². The predicted molar refractivity (Wildman–Crippen MR) is 141 cm³/mol. The summed E-state index contributed by atoms with van der Waals surface area (Å²) in [5.41, 5.74) is 1.10. The fourth-order valence-corrected chi connectivity index (χ4v) is 5.68. The normalized spacial score (nSPS) is 17.9. The van der Waals surface area contributed by atoms with Crippen LogP contribution >= 0.6 is 11.6 Å². The van der Waals surface area contributed by atoms with Crippen LogP contribution in [0.25, 0.3) is 16.9 Å². The maximum atomic E-state index is 13.3. The second-order valence-electron chi connectivity index (χ2n) is 9.36. The third-order valence-electron chi connectivity index (χ3n) is 6.47. The second kappa shape index (κ2) is 12.2. The molecule has 0 spiro atoms. The van der Waals surface area contributed by atoms with E-state index >= 15 is 0 Å². The molecule has 0 unspecified atom stereocenters. The lowest BCUT2D eigenvalue weighted by Crippen LogP contribution is -2.45. The third kappa shape index (κ3) is 7.14. The number of hydrogen-bond acceptors (Lipinski definition) is 7. The predicted octanol–water partition coefficient (Wildman–Crippen LogP) is 4.38. The van der Waals surface area contributed by atoms with E-state index in [9.17, 15) is 36.6 Å². The molecule has 0 bridgehead atoms. The number of hydrogen-bond donors (Lipinski definition) is 3. The van der Waals surface area contributed by atoms with Gasteiger partial charge in [-0.2, -0.15) is 26.7 Å². The standard InChI is InChI=1S/C26H27ClF3N3O6S/c27-19-5-1-3-7-21(19)33-24(16-9-11-17(12-10-16)39-40(37,38)14-13-26(28,29)30)18(15-34)23(32-33)25(36)31-20-6-2-4-8-22(20)35/h1,3,5,7,9-12,20,22,34-35H,2,4,6,8,13-15H2,(H,31,36)/t20-,22+/m0/s1. The van der Waals surface area contributed by atoms with Crippen molar-refractivity contribution in [1.29, 1.82) is 0 Å². The van der Waals surface area contributed by atoms with Crippen molar-refractivity contribution in [2.45, 2.75) is 57.0 Å². The van der Waals surface area contributed by atoms with Crippen LogP contribution in [0, 0.1) is 0 Å². The number of alkyl halides is 3. The average molecular weight is 602 g/mol. The first-order valence-corrected chi connectivity index (χ1v) is 14.4. The minimum Gasteiger partial charge on any atom is -0.392 e. The monoisotopic (exact) mass is 601 g/mol. The molecule has 0 radical (unpaired) electrons. The number of nitrogens with one attached hydrogen (secondary N) is 1. The van der Waals surface area contributed by atoms with Crippen molar-refractivity contribution in [2.24, 2.45) is 0 Å². The highest BCUT2D eigenvalue weighted by Crippen LogP contribution is 2.33. The number of benzene rings is 2. The van der Waals surface area contributed by atoms with Gasteiger partial charge in [0.2, 0.25) is 0 Å². The number of nitrogens with zero attached hydrogens (tertiary/aromatic N) is 2. The molecule has 40 heavy (non-hydrogen) atoms. The number of amides is 1. The summed E-state index contributed by atoms with van der Waals surface area (Å²) in [5.74, 6) is -2.05. The van der Waals surface area contributed by atoms with Crippen LogP contribution in [0.3, 0.4) is 0 Å². The van der Waals surface area contributed by atoms with E-state index in [2.05, 4.69) is 10.4 Å². The van der Waals surface area contributed by atoms with Crippen molar-refractivity contribution in [1.82, 2.24) is 15.1 Å². The molecule has 0 aliphatic heterocycles. The Hall–Kier alpha value is -3.13. The molecule has 1 aliphatic carbocycles. The number of carbonyl (C=O) groups excluding carboxylic acids is 1. The van der Waals surface area contributed by atoms with Crippen LogP contribution in [0.5, 0.6) is 5.75 Å². The fourth-order valence-electron chi connectivity index (χ4n) is 4.49. The Morgan fingerprint density at radius 2 is 1.80 bits per heavy atom. The number of aromatic nitrogens is 2. The van der Waals surface area contributed by atoms with E-state index in [4.69, 9.17) is 15.8 Å². The Kier molecular flexibility index (Phi) is 9.08. The van der Waals surface area contributed by atoms with Crippen molar-refractivity contribution in [3.8, 4) is 22.7 Å². The summed E-state index contributed by atoms with van der Waals surface area (Å²) in [6, 6.07) is 11.5. The first kappa shape index (κ1) is 29.8. The highest BCUT2D eigenvalue weighted by Gasteiger charge is 2.32. The fraction of sp³-hybridized carbons (Fsp3) is 0.385. The van der Waals surface area contributed by atoms with Gasteiger partial charge in [-0.15, -0.1) is 0 Å². The summed E-state index contributed by atoms with van der Waals surface area (Å²) in [6.45, 7) is -0.597. The number of halogens is 4. The summed E-state index contributed by atoms with van der Waals surface area (Å²) in [6.07, 6.45) is -4.08. The molecule has 4 rings (SSSR count). The molecule has 9 nitrogen and oxygen atoms in total. The lowest BCUT2D eigenvalue weighted by Gasteiger charge is -2.28. The largest absolute Gasteiger partial charge is 0.392 e. The number of aliphatic hydroxyl groups excluding tert-OH is 2. The second-order valence-corrected chi connectivity index (χ2v) is 11.5. The average Bonchev–Trinajstić information content (AvgIpc) is 3.29.